The fourth-order valence-corrected chi connectivity index (χ4v) is 3.98. The van der Waals surface area contributed by atoms with Crippen molar-refractivity contribution < 1.29 is 14.4 Å². The number of hydrogen-bond donors (Lipinski definition) is 8. The molecule has 14 nitrogen and oxygen atoms in total. The highest BCUT2D eigenvalue weighted by Gasteiger charge is 2.18. The van der Waals surface area contributed by atoms with Gasteiger partial charge in [-0.25, -0.2) is 10.0 Å². The van der Waals surface area contributed by atoms with Gasteiger partial charge in [-0.2, -0.15) is 0 Å². The third-order valence-electron chi connectivity index (χ3n) is 5.69. The van der Waals surface area contributed by atoms with Crippen molar-refractivity contribution in [2.75, 3.05) is 11.9 Å². The van der Waals surface area contributed by atoms with Crippen LogP contribution >= 0.6 is 0 Å². The number of benzene rings is 2. The monoisotopic (exact) mass is 531 g/mol. The number of aromatic nitrogens is 2. The molecule has 1 unspecified atom stereocenters. The van der Waals surface area contributed by atoms with Crippen LogP contribution in [0.1, 0.15) is 45.2 Å². The molecule has 12 N–H and O–H groups in total. The highest BCUT2D eigenvalue weighted by molar-refractivity contribution is 6.08. The fraction of sp³-hybridized carbons (Fsp3) is 0.160. The number of guanidine groups is 2. The molecule has 0 aliphatic carbocycles. The molecule has 1 atom stereocenters. The van der Waals surface area contributed by atoms with Gasteiger partial charge in [0.2, 0.25) is 5.96 Å². The van der Waals surface area contributed by atoms with Gasteiger partial charge in [0.1, 0.15) is 17.6 Å². The molecular formula is C25H29N11O3. The van der Waals surface area contributed by atoms with Crippen LogP contribution in [-0.4, -0.2) is 57.3 Å². The van der Waals surface area contributed by atoms with Crippen LogP contribution in [0.4, 0.5) is 5.69 Å². The van der Waals surface area contributed by atoms with Gasteiger partial charge >= 0.3 is 0 Å². The van der Waals surface area contributed by atoms with E-state index in [1.807, 2.05) is 0 Å². The van der Waals surface area contributed by atoms with E-state index in [9.17, 15) is 14.4 Å². The Morgan fingerprint density at radius 2 is 1.59 bits per heavy atom. The summed E-state index contributed by atoms with van der Waals surface area (Å²) in [6.45, 7) is 3.67. The average molecular weight is 532 g/mol. The van der Waals surface area contributed by atoms with Gasteiger partial charge in [-0.1, -0.05) is 6.07 Å². The van der Waals surface area contributed by atoms with E-state index in [1.165, 1.54) is 0 Å². The van der Waals surface area contributed by atoms with E-state index in [0.29, 0.717) is 39.1 Å². The summed E-state index contributed by atoms with van der Waals surface area (Å²) >= 11 is 0. The van der Waals surface area contributed by atoms with Gasteiger partial charge in [-0.3, -0.25) is 14.4 Å². The topological polar surface area (TPSA) is 239 Å². The standard InChI is InChI=1S/C25H29N11O3/c1-3-36(35-25(28)29)23(39)20-9-13-4-6-16(11-18(13)34-20)32-22(38)19-10-15-8-14(5-7-17(15)33-19)21(37)30-12(2)31-24(26)27/h4-12,33-34H,3H2,1-2H3,(H,30,37)(H,32,38)(H4,26,27,31)(H4,28,29,35). The lowest BCUT2D eigenvalue weighted by atomic mass is 10.1. The Labute approximate surface area is 222 Å². The Hall–Kier alpha value is -5.53. The molecule has 4 rings (SSSR count). The first-order valence-electron chi connectivity index (χ1n) is 11.9. The third-order valence-corrected chi connectivity index (χ3v) is 5.69. The molecule has 0 fully saturated rings. The SMILES string of the molecule is CCN(N=C(N)N)C(=O)c1cc2ccc(NC(=O)c3cc4cc(C(=O)NC(C)N=C(N)N)ccc4[nH]3)cc2[nH]1. The highest BCUT2D eigenvalue weighted by Crippen LogP contribution is 2.23. The smallest absolute Gasteiger partial charge is 0.290 e. The molecule has 4 aromatic rings. The van der Waals surface area contributed by atoms with Crippen molar-refractivity contribution in [2.45, 2.75) is 20.0 Å². The Morgan fingerprint density at radius 1 is 0.872 bits per heavy atom. The van der Waals surface area contributed by atoms with Gasteiger partial charge in [-0.15, -0.1) is 5.10 Å². The van der Waals surface area contributed by atoms with Gasteiger partial charge in [0.15, 0.2) is 5.96 Å². The predicted molar refractivity (Wildman–Crippen MR) is 150 cm³/mol. The van der Waals surface area contributed by atoms with Crippen molar-refractivity contribution in [2.24, 2.45) is 33.0 Å². The summed E-state index contributed by atoms with van der Waals surface area (Å²) in [5, 5.41) is 11.9. The molecule has 0 aliphatic heterocycles. The second-order valence-corrected chi connectivity index (χ2v) is 8.67. The lowest BCUT2D eigenvalue weighted by molar-refractivity contribution is 0.0763. The van der Waals surface area contributed by atoms with Crippen LogP contribution in [0.3, 0.4) is 0 Å². The summed E-state index contributed by atoms with van der Waals surface area (Å²) in [7, 11) is 0. The molecular weight excluding hydrogens is 502 g/mol. The number of carbonyl (C=O) groups excluding carboxylic acids is 3. The minimum atomic E-state index is -0.596. The van der Waals surface area contributed by atoms with Gasteiger partial charge < -0.3 is 43.5 Å². The summed E-state index contributed by atoms with van der Waals surface area (Å²) in [6, 6.07) is 13.5. The first kappa shape index (κ1) is 26.5. The Balaban J connectivity index is 1.50. The van der Waals surface area contributed by atoms with Crippen molar-refractivity contribution in [1.82, 2.24) is 20.3 Å². The summed E-state index contributed by atoms with van der Waals surface area (Å²) in [6.07, 6.45) is -0.596. The van der Waals surface area contributed by atoms with E-state index in [-0.39, 0.29) is 30.3 Å². The molecule has 0 saturated carbocycles. The summed E-state index contributed by atoms with van der Waals surface area (Å²) in [4.78, 5) is 48.2. The normalized spacial score (nSPS) is 11.5. The molecule has 2 aromatic carbocycles. The second-order valence-electron chi connectivity index (χ2n) is 8.67. The summed E-state index contributed by atoms with van der Waals surface area (Å²) in [5.41, 5.74) is 24.3. The molecule has 0 bridgehead atoms. The van der Waals surface area contributed by atoms with E-state index in [4.69, 9.17) is 22.9 Å². The average Bonchev–Trinajstić information content (AvgIpc) is 3.49. The quantitative estimate of drug-likeness (QED) is 0.0927. The number of aromatic amines is 2. The minimum Gasteiger partial charge on any atom is -0.370 e. The number of amides is 3. The molecule has 2 aromatic heterocycles. The van der Waals surface area contributed by atoms with Crippen LogP contribution in [-0.2, 0) is 0 Å². The zero-order chi connectivity index (χ0) is 28.3. The summed E-state index contributed by atoms with van der Waals surface area (Å²) < 4.78 is 0. The number of hydrogen-bond acceptors (Lipinski definition) is 5. The largest absolute Gasteiger partial charge is 0.370 e. The lowest BCUT2D eigenvalue weighted by Crippen LogP contribution is -2.35. The van der Waals surface area contributed by atoms with Gasteiger partial charge in [0.05, 0.1) is 0 Å². The lowest BCUT2D eigenvalue weighted by Gasteiger charge is -2.13. The predicted octanol–water partition coefficient (Wildman–Crippen LogP) is 0.901. The van der Waals surface area contributed by atoms with Crippen LogP contribution in [0.5, 0.6) is 0 Å². The van der Waals surface area contributed by atoms with Gasteiger partial charge in [0.25, 0.3) is 17.7 Å². The number of H-pyrrole nitrogens is 2. The van der Waals surface area contributed by atoms with Crippen molar-refractivity contribution in [3.8, 4) is 0 Å². The number of nitrogens with zero attached hydrogens (tertiary/aromatic N) is 3. The van der Waals surface area contributed by atoms with Crippen LogP contribution in [0.2, 0.25) is 0 Å². The fourth-order valence-electron chi connectivity index (χ4n) is 3.98. The van der Waals surface area contributed by atoms with Crippen LogP contribution in [0.15, 0.2) is 58.6 Å². The molecule has 39 heavy (non-hydrogen) atoms. The number of hydrazone groups is 1. The zero-order valence-electron chi connectivity index (χ0n) is 21.3. The van der Waals surface area contributed by atoms with E-state index >= 15 is 0 Å². The zero-order valence-corrected chi connectivity index (χ0v) is 21.3. The van der Waals surface area contributed by atoms with Crippen LogP contribution in [0, 0.1) is 0 Å². The molecule has 0 radical (unpaired) electrons. The minimum absolute atomic E-state index is 0.130. The first-order valence-corrected chi connectivity index (χ1v) is 11.9. The van der Waals surface area contributed by atoms with E-state index in [2.05, 4.69) is 30.7 Å². The number of rotatable bonds is 8. The van der Waals surface area contributed by atoms with Gasteiger partial charge in [-0.05, 0) is 56.3 Å². The molecule has 14 heteroatoms. The first-order chi connectivity index (χ1) is 18.5. The molecule has 2 heterocycles. The van der Waals surface area contributed by atoms with Gasteiger partial charge in [0, 0.05) is 39.6 Å². The van der Waals surface area contributed by atoms with Crippen LogP contribution < -0.4 is 33.6 Å². The van der Waals surface area contributed by atoms with Crippen molar-refractivity contribution in [3.63, 3.8) is 0 Å². The van der Waals surface area contributed by atoms with E-state index in [0.717, 1.165) is 10.4 Å². The summed E-state index contributed by atoms with van der Waals surface area (Å²) in [5.74, 6) is -1.50. The molecule has 202 valence electrons. The number of nitrogens with two attached hydrogens (primary N) is 4. The maximum absolute atomic E-state index is 13.0. The third kappa shape index (κ3) is 6.07. The van der Waals surface area contributed by atoms with Crippen molar-refractivity contribution in [3.05, 3.63) is 65.5 Å². The van der Waals surface area contributed by atoms with Crippen LogP contribution in [0.25, 0.3) is 21.8 Å². The van der Waals surface area contributed by atoms with E-state index in [1.54, 1.807) is 62.4 Å². The molecule has 0 spiro atoms. The number of nitrogens with one attached hydrogen (secondary N) is 4. The Kier molecular flexibility index (Phi) is 7.37. The van der Waals surface area contributed by atoms with Crippen molar-refractivity contribution in [1.29, 1.82) is 0 Å². The number of fused-ring (bicyclic) bond motifs is 2. The van der Waals surface area contributed by atoms with E-state index < -0.39 is 12.1 Å². The maximum atomic E-state index is 13.0. The maximum Gasteiger partial charge on any atom is 0.290 e. The molecule has 3 amide bonds. The number of aliphatic imine (C=N–C) groups is 1. The second kappa shape index (κ2) is 10.8. The number of carbonyl (C=O) groups is 3. The Bertz CT molecular complexity index is 1620. The molecule has 0 saturated heterocycles. The van der Waals surface area contributed by atoms with Crippen molar-refractivity contribution >= 4 is 57.1 Å². The molecule has 0 aliphatic rings. The number of anilines is 1. The highest BCUT2D eigenvalue weighted by atomic mass is 16.2. The Morgan fingerprint density at radius 3 is 2.28 bits per heavy atom.